The van der Waals surface area contributed by atoms with Gasteiger partial charge in [-0.3, -0.25) is 19.7 Å². The lowest BCUT2D eigenvalue weighted by atomic mass is 9.34. The molecule has 1 aromatic carbocycles. The summed E-state index contributed by atoms with van der Waals surface area (Å²) in [5.41, 5.74) is -1.28. The normalized spacial score (nSPS) is 50.8. The first-order chi connectivity index (χ1) is 17.9. The minimum absolute atomic E-state index is 0.0910. The molecule has 0 aromatic heterocycles. The van der Waals surface area contributed by atoms with E-state index in [1.165, 1.54) is 0 Å². The average molecular weight is 536 g/mol. The molecule has 8 fully saturated rings. The summed E-state index contributed by atoms with van der Waals surface area (Å²) in [6.07, 6.45) is 8.96. The van der Waals surface area contributed by atoms with Crippen LogP contribution in [0, 0.1) is 42.6 Å². The van der Waals surface area contributed by atoms with Gasteiger partial charge >= 0.3 is 11.9 Å². The zero-order valence-corrected chi connectivity index (χ0v) is 23.7. The highest BCUT2D eigenvalue weighted by molar-refractivity contribution is 5.77. The Hall–Kier alpha value is -2.44. The molecule has 0 radical (unpaired) electrons. The van der Waals surface area contributed by atoms with Gasteiger partial charge in [0.25, 0.3) is 5.69 Å². The lowest BCUT2D eigenvalue weighted by Gasteiger charge is -2.69. The maximum Gasteiger partial charge on any atom is 0.309 e. The second kappa shape index (κ2) is 6.88. The number of hydrogen-bond acceptors (Lipinski definition) is 4. The predicted molar refractivity (Wildman–Crippen MR) is 144 cm³/mol. The molecule has 1 aromatic rings. The molecule has 8 bridgehead atoms. The van der Waals surface area contributed by atoms with E-state index in [0.29, 0.717) is 44.1 Å². The fraction of sp³-hybridized carbons (Fsp3) is 0.750. The number of rotatable bonds is 5. The minimum Gasteiger partial charge on any atom is -0.481 e. The second-order valence-corrected chi connectivity index (χ2v) is 17.1. The van der Waals surface area contributed by atoms with E-state index in [1.54, 1.807) is 6.07 Å². The molecule has 0 spiro atoms. The molecule has 7 nitrogen and oxygen atoms in total. The van der Waals surface area contributed by atoms with Crippen molar-refractivity contribution in [2.24, 2.45) is 32.5 Å². The number of carbonyl (C=O) groups is 2. The van der Waals surface area contributed by atoms with Crippen LogP contribution in [0.5, 0.6) is 0 Å². The molecular formula is C32H41NO6. The molecule has 39 heavy (non-hydrogen) atoms. The van der Waals surface area contributed by atoms with Gasteiger partial charge in [0.15, 0.2) is 0 Å². The highest BCUT2D eigenvalue weighted by Crippen LogP contribution is 2.76. The molecule has 8 aliphatic rings. The van der Waals surface area contributed by atoms with E-state index in [1.807, 2.05) is 6.07 Å². The lowest BCUT2D eigenvalue weighted by molar-refractivity contribution is -0.386. The van der Waals surface area contributed by atoms with Gasteiger partial charge in [-0.15, -0.1) is 0 Å². The minimum atomic E-state index is -0.832. The Morgan fingerprint density at radius 2 is 1.08 bits per heavy atom. The van der Waals surface area contributed by atoms with Gasteiger partial charge in [-0.25, -0.2) is 0 Å². The molecular weight excluding hydrogens is 494 g/mol. The van der Waals surface area contributed by atoms with E-state index in [4.69, 9.17) is 0 Å². The Morgan fingerprint density at radius 3 is 1.49 bits per heavy atom. The third kappa shape index (κ3) is 3.28. The molecule has 4 atom stereocenters. The summed E-state index contributed by atoms with van der Waals surface area (Å²) in [5, 5.41) is 33.6. The first-order valence-corrected chi connectivity index (χ1v) is 14.7. The van der Waals surface area contributed by atoms with Crippen molar-refractivity contribution in [2.75, 3.05) is 0 Å². The molecule has 210 valence electrons. The largest absolute Gasteiger partial charge is 0.481 e. The van der Waals surface area contributed by atoms with Gasteiger partial charge in [-0.05, 0) is 110 Å². The Kier molecular flexibility index (Phi) is 4.50. The van der Waals surface area contributed by atoms with Crippen LogP contribution in [0.15, 0.2) is 18.2 Å². The average Bonchev–Trinajstić information content (AvgIpc) is 2.73. The molecule has 0 amide bonds. The van der Waals surface area contributed by atoms with E-state index < -0.39 is 28.2 Å². The van der Waals surface area contributed by atoms with E-state index in [2.05, 4.69) is 33.8 Å². The van der Waals surface area contributed by atoms with Gasteiger partial charge in [0.2, 0.25) is 0 Å². The Morgan fingerprint density at radius 1 is 0.667 bits per heavy atom. The van der Waals surface area contributed by atoms with Crippen LogP contribution < -0.4 is 0 Å². The highest BCUT2D eigenvalue weighted by atomic mass is 16.6. The van der Waals surface area contributed by atoms with Gasteiger partial charge in [0.05, 0.1) is 15.8 Å². The summed E-state index contributed by atoms with van der Waals surface area (Å²) < 4.78 is 0. The number of nitro groups is 1. The first kappa shape index (κ1) is 25.5. The number of nitro benzene ring substituents is 1. The van der Waals surface area contributed by atoms with E-state index in [-0.39, 0.29) is 37.7 Å². The van der Waals surface area contributed by atoms with Crippen LogP contribution in [0.4, 0.5) is 5.69 Å². The van der Waals surface area contributed by atoms with Crippen molar-refractivity contribution in [2.45, 2.75) is 116 Å². The van der Waals surface area contributed by atoms with E-state index >= 15 is 0 Å². The standard InChI is InChI=1S/C32H41NO6/c1-25-8-26(2)11-29(10-25,18-31(14-25,15-26)23(34)35)20-5-6-21(22(7-20)33(38)39)30-12-27(3)9-28(4,13-30)17-32(16-27,19-30)24(36)37/h5-7H,8-19H2,1-4H3,(H,34,35)(H,36,37). The zero-order chi connectivity index (χ0) is 28.1. The van der Waals surface area contributed by atoms with Crippen LogP contribution in [-0.2, 0) is 20.4 Å². The van der Waals surface area contributed by atoms with E-state index in [0.717, 1.165) is 44.1 Å². The van der Waals surface area contributed by atoms with Crippen LogP contribution in [0.1, 0.15) is 116 Å². The Labute approximate surface area is 229 Å². The SMILES string of the molecule is CC12CC3(C)CC(C(=O)O)(C1)CC(c1ccc(C45CC6(C)CC(C)(CC(C(=O)O)(C6)C4)C5)c([N+](=O)[O-])c1)(C2)C3. The number of nitrogens with zero attached hydrogens (tertiary/aromatic N) is 1. The molecule has 0 aliphatic heterocycles. The summed E-state index contributed by atoms with van der Waals surface area (Å²) in [5.74, 6) is -1.47. The van der Waals surface area contributed by atoms with Crippen LogP contribution in [0.3, 0.4) is 0 Å². The fourth-order valence-electron chi connectivity index (χ4n) is 13.9. The van der Waals surface area contributed by atoms with Crippen LogP contribution >= 0.6 is 0 Å². The molecule has 2 N–H and O–H groups in total. The Bertz CT molecular complexity index is 1330. The molecule has 9 rings (SSSR count). The number of carboxylic acids is 2. The van der Waals surface area contributed by atoms with Crippen molar-refractivity contribution in [1.82, 2.24) is 0 Å². The van der Waals surface area contributed by atoms with E-state index in [9.17, 15) is 29.9 Å². The van der Waals surface area contributed by atoms with Gasteiger partial charge in [0, 0.05) is 17.0 Å². The summed E-state index contributed by atoms with van der Waals surface area (Å²) in [6, 6.07) is 5.80. The molecule has 0 heterocycles. The van der Waals surface area contributed by atoms with Crippen molar-refractivity contribution in [3.05, 3.63) is 39.4 Å². The third-order valence-corrected chi connectivity index (χ3v) is 12.5. The maximum absolute atomic E-state index is 12.8. The molecule has 8 saturated carbocycles. The third-order valence-electron chi connectivity index (χ3n) is 12.5. The molecule has 4 unspecified atom stereocenters. The number of benzene rings is 1. The quantitative estimate of drug-likeness (QED) is 0.310. The summed E-state index contributed by atoms with van der Waals surface area (Å²) in [6.45, 7) is 8.83. The number of hydrogen-bond donors (Lipinski definition) is 2. The Balaban J connectivity index is 1.37. The van der Waals surface area contributed by atoms with Gasteiger partial charge < -0.3 is 10.2 Å². The molecule has 7 heteroatoms. The topological polar surface area (TPSA) is 118 Å². The van der Waals surface area contributed by atoms with Crippen molar-refractivity contribution >= 4 is 17.6 Å². The van der Waals surface area contributed by atoms with Crippen molar-refractivity contribution < 1.29 is 24.7 Å². The summed E-state index contributed by atoms with van der Waals surface area (Å²) >= 11 is 0. The smallest absolute Gasteiger partial charge is 0.309 e. The van der Waals surface area contributed by atoms with Crippen molar-refractivity contribution in [3.8, 4) is 0 Å². The van der Waals surface area contributed by atoms with Crippen LogP contribution in [0.2, 0.25) is 0 Å². The number of aliphatic carboxylic acids is 2. The van der Waals surface area contributed by atoms with Crippen molar-refractivity contribution in [3.63, 3.8) is 0 Å². The van der Waals surface area contributed by atoms with Crippen LogP contribution in [0.25, 0.3) is 0 Å². The molecule has 0 saturated heterocycles. The van der Waals surface area contributed by atoms with Crippen LogP contribution in [-0.4, -0.2) is 27.1 Å². The zero-order valence-electron chi connectivity index (χ0n) is 23.7. The first-order valence-electron chi connectivity index (χ1n) is 14.7. The maximum atomic E-state index is 12.8. The van der Waals surface area contributed by atoms with Gasteiger partial charge in [0.1, 0.15) is 0 Å². The second-order valence-electron chi connectivity index (χ2n) is 17.1. The number of carboxylic acid groups (broad SMARTS) is 2. The summed E-state index contributed by atoms with van der Waals surface area (Å²) in [4.78, 5) is 37.9. The fourth-order valence-corrected chi connectivity index (χ4v) is 13.9. The summed E-state index contributed by atoms with van der Waals surface area (Å²) in [7, 11) is 0. The predicted octanol–water partition coefficient (Wildman–Crippen LogP) is 7.00. The monoisotopic (exact) mass is 535 g/mol. The van der Waals surface area contributed by atoms with Gasteiger partial charge in [-0.2, -0.15) is 0 Å². The van der Waals surface area contributed by atoms with Gasteiger partial charge in [-0.1, -0.05) is 39.8 Å². The van der Waals surface area contributed by atoms with Crippen molar-refractivity contribution in [1.29, 1.82) is 0 Å². The molecule has 8 aliphatic carbocycles. The lowest BCUT2D eigenvalue weighted by Crippen LogP contribution is -2.63. The highest BCUT2D eigenvalue weighted by Gasteiger charge is 2.70.